The Hall–Kier alpha value is -1.17. The number of rotatable bonds is 6. The lowest BCUT2D eigenvalue weighted by Gasteiger charge is -2.22. The number of hydrogen-bond donors (Lipinski definition) is 0. The van der Waals surface area contributed by atoms with Crippen LogP contribution in [0.5, 0.6) is 0 Å². The normalized spacial score (nSPS) is 10.2. The van der Waals surface area contributed by atoms with Crippen molar-refractivity contribution < 1.29 is 13.9 Å². The fraction of sp³-hybridized carbons (Fsp3) is 0.500. The molecule has 0 saturated carbocycles. The van der Waals surface area contributed by atoms with Crippen LogP contribution in [0.3, 0.4) is 0 Å². The highest BCUT2D eigenvalue weighted by molar-refractivity contribution is 9.10. The summed E-state index contributed by atoms with van der Waals surface area (Å²) in [6.45, 7) is 4.56. The number of anilines is 1. The number of esters is 1. The van der Waals surface area contributed by atoms with Gasteiger partial charge in [0.05, 0.1) is 6.61 Å². The van der Waals surface area contributed by atoms with E-state index >= 15 is 0 Å². The molecule has 0 aliphatic carbocycles. The fourth-order valence-electron chi connectivity index (χ4n) is 1.53. The van der Waals surface area contributed by atoms with Crippen LogP contribution in [0, 0.1) is 5.82 Å². The molecule has 0 aromatic carbocycles. The molecule has 1 aromatic rings. The number of carbonyl (C=O) groups excluding carboxylic acids is 1. The van der Waals surface area contributed by atoms with E-state index in [-0.39, 0.29) is 18.3 Å². The monoisotopic (exact) mass is 318 g/mol. The van der Waals surface area contributed by atoms with Gasteiger partial charge in [-0.3, -0.25) is 4.79 Å². The number of aromatic nitrogens is 1. The number of pyridine rings is 1. The van der Waals surface area contributed by atoms with E-state index in [0.29, 0.717) is 17.6 Å². The van der Waals surface area contributed by atoms with Crippen molar-refractivity contribution in [2.24, 2.45) is 0 Å². The molecule has 0 radical (unpaired) electrons. The molecular weight excluding hydrogens is 303 g/mol. The summed E-state index contributed by atoms with van der Waals surface area (Å²) in [5.74, 6) is -0.662. The van der Waals surface area contributed by atoms with Gasteiger partial charge in [-0.25, -0.2) is 9.37 Å². The van der Waals surface area contributed by atoms with Gasteiger partial charge in [0.1, 0.15) is 6.54 Å². The first-order valence-electron chi connectivity index (χ1n) is 5.80. The Morgan fingerprint density at radius 2 is 2.28 bits per heavy atom. The quantitative estimate of drug-likeness (QED) is 0.756. The van der Waals surface area contributed by atoms with E-state index in [1.807, 2.05) is 6.92 Å². The number of carbonyl (C=O) groups is 1. The SMILES string of the molecule is CCCN(CC(=O)OCC)c1ncc(Br)cc1F. The third kappa shape index (κ3) is 4.25. The summed E-state index contributed by atoms with van der Waals surface area (Å²) in [7, 11) is 0. The lowest BCUT2D eigenvalue weighted by Crippen LogP contribution is -2.33. The Balaban J connectivity index is 2.86. The van der Waals surface area contributed by atoms with E-state index in [0.717, 1.165) is 6.42 Å². The summed E-state index contributed by atoms with van der Waals surface area (Å²) in [5, 5.41) is 0. The Bertz CT molecular complexity index is 415. The summed E-state index contributed by atoms with van der Waals surface area (Å²) in [6.07, 6.45) is 2.29. The molecule has 6 heteroatoms. The predicted molar refractivity (Wildman–Crippen MR) is 71.0 cm³/mol. The molecular formula is C12H16BrFN2O2. The first-order chi connectivity index (χ1) is 8.58. The number of halogens is 2. The second kappa shape index (κ2) is 7.31. The lowest BCUT2D eigenvalue weighted by molar-refractivity contribution is -0.141. The van der Waals surface area contributed by atoms with Crippen molar-refractivity contribution in [1.82, 2.24) is 4.98 Å². The second-order valence-electron chi connectivity index (χ2n) is 3.69. The van der Waals surface area contributed by atoms with E-state index in [9.17, 15) is 9.18 Å². The lowest BCUT2D eigenvalue weighted by atomic mass is 10.3. The largest absolute Gasteiger partial charge is 0.465 e. The zero-order valence-electron chi connectivity index (χ0n) is 10.4. The molecule has 18 heavy (non-hydrogen) atoms. The minimum absolute atomic E-state index is 0.00717. The molecule has 0 spiro atoms. The third-order valence-corrected chi connectivity index (χ3v) is 2.64. The van der Waals surface area contributed by atoms with Crippen molar-refractivity contribution >= 4 is 27.7 Å². The molecule has 0 aliphatic heterocycles. The Morgan fingerprint density at radius 3 is 2.83 bits per heavy atom. The first kappa shape index (κ1) is 14.9. The highest BCUT2D eigenvalue weighted by atomic mass is 79.9. The van der Waals surface area contributed by atoms with E-state index in [2.05, 4.69) is 20.9 Å². The van der Waals surface area contributed by atoms with Crippen molar-refractivity contribution in [2.45, 2.75) is 20.3 Å². The second-order valence-corrected chi connectivity index (χ2v) is 4.60. The maximum Gasteiger partial charge on any atom is 0.325 e. The molecule has 4 nitrogen and oxygen atoms in total. The molecule has 100 valence electrons. The summed E-state index contributed by atoms with van der Waals surface area (Å²) >= 11 is 3.15. The van der Waals surface area contributed by atoms with Crippen molar-refractivity contribution in [3.05, 3.63) is 22.6 Å². The molecule has 1 heterocycles. The predicted octanol–water partition coefficient (Wildman–Crippen LogP) is 2.76. The highest BCUT2D eigenvalue weighted by Crippen LogP contribution is 2.20. The van der Waals surface area contributed by atoms with E-state index in [1.54, 1.807) is 11.8 Å². The van der Waals surface area contributed by atoms with Crippen LogP contribution in [0.1, 0.15) is 20.3 Å². The van der Waals surface area contributed by atoms with E-state index < -0.39 is 5.82 Å². The Kier molecular flexibility index (Phi) is 6.04. The van der Waals surface area contributed by atoms with Gasteiger partial charge in [-0.2, -0.15) is 0 Å². The van der Waals surface area contributed by atoms with Crippen molar-refractivity contribution in [3.8, 4) is 0 Å². The van der Waals surface area contributed by atoms with Gasteiger partial charge in [-0.1, -0.05) is 6.92 Å². The Morgan fingerprint density at radius 1 is 1.56 bits per heavy atom. The average Bonchev–Trinajstić information content (AvgIpc) is 2.29. The van der Waals surface area contributed by atoms with Gasteiger partial charge in [-0.15, -0.1) is 0 Å². The zero-order chi connectivity index (χ0) is 13.5. The van der Waals surface area contributed by atoms with E-state index in [1.165, 1.54) is 12.3 Å². The summed E-state index contributed by atoms with van der Waals surface area (Å²) < 4.78 is 19.2. The van der Waals surface area contributed by atoms with Gasteiger partial charge < -0.3 is 9.64 Å². The standard InChI is InChI=1S/C12H16BrFN2O2/c1-3-5-16(8-11(17)18-4-2)12-10(14)6-9(13)7-15-12/h6-7H,3-5,8H2,1-2H3. The average molecular weight is 319 g/mol. The zero-order valence-corrected chi connectivity index (χ0v) is 12.0. The molecule has 0 saturated heterocycles. The van der Waals surface area contributed by atoms with Crippen molar-refractivity contribution in [1.29, 1.82) is 0 Å². The van der Waals surface area contributed by atoms with Crippen LogP contribution in [-0.2, 0) is 9.53 Å². The topological polar surface area (TPSA) is 42.4 Å². The molecule has 0 bridgehead atoms. The molecule has 0 fully saturated rings. The van der Waals surface area contributed by atoms with Gasteiger partial charge in [0.15, 0.2) is 11.6 Å². The van der Waals surface area contributed by atoms with Gasteiger partial charge in [0, 0.05) is 17.2 Å². The van der Waals surface area contributed by atoms with Crippen molar-refractivity contribution in [3.63, 3.8) is 0 Å². The van der Waals surface area contributed by atoms with Gasteiger partial charge in [0.2, 0.25) is 0 Å². The molecule has 0 N–H and O–H groups in total. The van der Waals surface area contributed by atoms with Crippen LogP contribution < -0.4 is 4.90 Å². The van der Waals surface area contributed by atoms with Crippen LogP contribution in [0.25, 0.3) is 0 Å². The minimum Gasteiger partial charge on any atom is -0.465 e. The van der Waals surface area contributed by atoms with E-state index in [4.69, 9.17) is 4.74 Å². The van der Waals surface area contributed by atoms with Crippen LogP contribution in [0.4, 0.5) is 10.2 Å². The highest BCUT2D eigenvalue weighted by Gasteiger charge is 2.16. The summed E-state index contributed by atoms with van der Waals surface area (Å²) in [4.78, 5) is 17.0. The molecule has 0 unspecified atom stereocenters. The summed E-state index contributed by atoms with van der Waals surface area (Å²) in [6, 6.07) is 1.33. The maximum absolute atomic E-state index is 13.8. The Labute approximate surface area is 114 Å². The first-order valence-corrected chi connectivity index (χ1v) is 6.59. The minimum atomic E-state index is -0.456. The van der Waals surface area contributed by atoms with Crippen LogP contribution in [0.15, 0.2) is 16.7 Å². The summed E-state index contributed by atoms with van der Waals surface area (Å²) in [5.41, 5.74) is 0. The van der Waals surface area contributed by atoms with Gasteiger partial charge >= 0.3 is 5.97 Å². The maximum atomic E-state index is 13.8. The van der Waals surface area contributed by atoms with Crippen LogP contribution in [-0.4, -0.2) is 30.6 Å². The van der Waals surface area contributed by atoms with Gasteiger partial charge in [-0.05, 0) is 35.3 Å². The molecule has 0 atom stereocenters. The molecule has 0 amide bonds. The smallest absolute Gasteiger partial charge is 0.325 e. The van der Waals surface area contributed by atoms with Gasteiger partial charge in [0.25, 0.3) is 0 Å². The third-order valence-electron chi connectivity index (χ3n) is 2.21. The molecule has 0 aliphatic rings. The number of hydrogen-bond acceptors (Lipinski definition) is 4. The van der Waals surface area contributed by atoms with Crippen molar-refractivity contribution in [2.75, 3.05) is 24.6 Å². The number of nitrogens with zero attached hydrogens (tertiary/aromatic N) is 2. The number of ether oxygens (including phenoxy) is 1. The van der Waals surface area contributed by atoms with Crippen LogP contribution >= 0.6 is 15.9 Å². The van der Waals surface area contributed by atoms with Crippen LogP contribution in [0.2, 0.25) is 0 Å². The molecule has 1 aromatic heterocycles. The molecule has 1 rings (SSSR count). The fourth-order valence-corrected chi connectivity index (χ4v) is 1.84.